The van der Waals surface area contributed by atoms with E-state index in [1.807, 2.05) is 32.2 Å². The van der Waals surface area contributed by atoms with Crippen molar-refractivity contribution in [1.29, 1.82) is 0 Å². The second-order valence-corrected chi connectivity index (χ2v) is 4.70. The maximum atomic E-state index is 5.95. The molecule has 19 heavy (non-hydrogen) atoms. The van der Waals surface area contributed by atoms with Gasteiger partial charge in [-0.3, -0.25) is 0 Å². The van der Waals surface area contributed by atoms with E-state index in [1.165, 1.54) is 11.9 Å². The van der Waals surface area contributed by atoms with Gasteiger partial charge < -0.3 is 10.1 Å². The summed E-state index contributed by atoms with van der Waals surface area (Å²) in [6, 6.07) is 8.04. The lowest BCUT2D eigenvalue weighted by Gasteiger charge is -2.14. The fourth-order valence-corrected chi connectivity index (χ4v) is 1.94. The number of nitrogens with one attached hydrogen (secondary N) is 1. The average molecular weight is 257 g/mol. The summed E-state index contributed by atoms with van der Waals surface area (Å²) in [4.78, 5) is 8.36. The molecule has 0 saturated carbocycles. The van der Waals surface area contributed by atoms with Crippen LogP contribution in [0, 0.1) is 6.92 Å². The molecule has 1 N–H and O–H groups in total. The number of ether oxygens (including phenoxy) is 1. The number of hydrogen-bond acceptors (Lipinski definition) is 4. The van der Waals surface area contributed by atoms with Crippen LogP contribution in [0.3, 0.4) is 0 Å². The highest BCUT2D eigenvalue weighted by Gasteiger charge is 2.12. The van der Waals surface area contributed by atoms with Crippen molar-refractivity contribution in [2.45, 2.75) is 26.7 Å². The Morgan fingerprint density at radius 2 is 1.89 bits per heavy atom. The SMILES string of the molecule is CNc1ncnc(Oc2ccccc2C(C)C)c1C. The van der Waals surface area contributed by atoms with Gasteiger partial charge in [0.25, 0.3) is 0 Å². The van der Waals surface area contributed by atoms with Crippen LogP contribution in [0.5, 0.6) is 11.6 Å². The van der Waals surface area contributed by atoms with Gasteiger partial charge in [-0.25, -0.2) is 9.97 Å². The molecule has 100 valence electrons. The third-order valence-electron chi connectivity index (χ3n) is 3.02. The maximum Gasteiger partial charge on any atom is 0.227 e. The summed E-state index contributed by atoms with van der Waals surface area (Å²) in [5.41, 5.74) is 2.08. The Hall–Kier alpha value is -2.10. The number of anilines is 1. The van der Waals surface area contributed by atoms with E-state index in [2.05, 4.69) is 35.2 Å². The molecule has 0 spiro atoms. The van der Waals surface area contributed by atoms with E-state index >= 15 is 0 Å². The van der Waals surface area contributed by atoms with Gasteiger partial charge in [0.15, 0.2) is 0 Å². The van der Waals surface area contributed by atoms with Crippen LogP contribution in [0.25, 0.3) is 0 Å². The van der Waals surface area contributed by atoms with Gasteiger partial charge in [0, 0.05) is 7.05 Å². The molecule has 2 aromatic rings. The lowest BCUT2D eigenvalue weighted by Crippen LogP contribution is -2.01. The highest BCUT2D eigenvalue weighted by atomic mass is 16.5. The molecule has 4 nitrogen and oxygen atoms in total. The Kier molecular flexibility index (Phi) is 4.00. The van der Waals surface area contributed by atoms with E-state index < -0.39 is 0 Å². The number of benzene rings is 1. The number of para-hydroxylation sites is 1. The predicted octanol–water partition coefficient (Wildman–Crippen LogP) is 3.74. The molecule has 0 bridgehead atoms. The number of rotatable bonds is 4. The smallest absolute Gasteiger partial charge is 0.227 e. The van der Waals surface area contributed by atoms with Gasteiger partial charge in [-0.2, -0.15) is 0 Å². The lowest BCUT2D eigenvalue weighted by atomic mass is 10.0. The Balaban J connectivity index is 2.37. The molecule has 0 amide bonds. The molecule has 0 fully saturated rings. The molecular formula is C15H19N3O. The van der Waals surface area contributed by atoms with Crippen molar-refractivity contribution in [1.82, 2.24) is 9.97 Å². The Morgan fingerprint density at radius 1 is 1.16 bits per heavy atom. The molecule has 1 aromatic heterocycles. The van der Waals surface area contributed by atoms with Crippen LogP contribution in [0.15, 0.2) is 30.6 Å². The fourth-order valence-electron chi connectivity index (χ4n) is 1.94. The summed E-state index contributed by atoms with van der Waals surface area (Å²) in [5.74, 6) is 2.63. The normalized spacial score (nSPS) is 10.6. The van der Waals surface area contributed by atoms with Crippen molar-refractivity contribution in [2.75, 3.05) is 12.4 Å². The standard InChI is InChI=1S/C15H19N3O/c1-10(2)12-7-5-6-8-13(12)19-15-11(3)14(16-4)17-9-18-15/h5-10H,1-4H3,(H,16,17,18). The van der Waals surface area contributed by atoms with E-state index in [0.29, 0.717) is 11.8 Å². The topological polar surface area (TPSA) is 47.0 Å². The fraction of sp³-hybridized carbons (Fsp3) is 0.333. The molecule has 0 aliphatic heterocycles. The van der Waals surface area contributed by atoms with Crippen LogP contribution in [-0.4, -0.2) is 17.0 Å². The highest BCUT2D eigenvalue weighted by Crippen LogP contribution is 2.31. The minimum atomic E-state index is 0.405. The molecule has 0 unspecified atom stereocenters. The van der Waals surface area contributed by atoms with Crippen molar-refractivity contribution < 1.29 is 4.74 Å². The van der Waals surface area contributed by atoms with E-state index in [1.54, 1.807) is 0 Å². The van der Waals surface area contributed by atoms with Gasteiger partial charge in [0.1, 0.15) is 17.9 Å². The summed E-state index contributed by atoms with van der Waals surface area (Å²) in [6.07, 6.45) is 1.51. The van der Waals surface area contributed by atoms with Crippen LogP contribution in [0.4, 0.5) is 5.82 Å². The van der Waals surface area contributed by atoms with Gasteiger partial charge in [0.05, 0.1) is 5.56 Å². The first kappa shape index (κ1) is 13.3. The summed E-state index contributed by atoms with van der Waals surface area (Å²) < 4.78 is 5.95. The highest BCUT2D eigenvalue weighted by molar-refractivity contribution is 5.49. The maximum absolute atomic E-state index is 5.95. The number of nitrogens with zero attached hydrogens (tertiary/aromatic N) is 2. The Bertz CT molecular complexity index is 567. The van der Waals surface area contributed by atoms with Crippen LogP contribution in [-0.2, 0) is 0 Å². The van der Waals surface area contributed by atoms with E-state index in [-0.39, 0.29) is 0 Å². The molecule has 0 saturated heterocycles. The molecule has 4 heteroatoms. The first-order valence-electron chi connectivity index (χ1n) is 6.39. The quantitative estimate of drug-likeness (QED) is 0.906. The molecule has 0 atom stereocenters. The van der Waals surface area contributed by atoms with Gasteiger partial charge in [-0.05, 0) is 24.5 Å². The number of hydrogen-bond donors (Lipinski definition) is 1. The minimum absolute atomic E-state index is 0.405. The van der Waals surface area contributed by atoms with Crippen molar-refractivity contribution >= 4 is 5.82 Å². The van der Waals surface area contributed by atoms with Crippen molar-refractivity contribution in [2.24, 2.45) is 0 Å². The van der Waals surface area contributed by atoms with Crippen molar-refractivity contribution in [3.63, 3.8) is 0 Å². The third kappa shape index (κ3) is 2.84. The molecule has 2 rings (SSSR count). The van der Waals surface area contributed by atoms with Gasteiger partial charge in [-0.1, -0.05) is 32.0 Å². The molecular weight excluding hydrogens is 238 g/mol. The average Bonchev–Trinajstić information content (AvgIpc) is 2.41. The first-order valence-corrected chi connectivity index (χ1v) is 6.39. The monoisotopic (exact) mass is 257 g/mol. The van der Waals surface area contributed by atoms with E-state index in [9.17, 15) is 0 Å². The molecule has 0 aliphatic carbocycles. The Morgan fingerprint density at radius 3 is 2.58 bits per heavy atom. The number of aromatic nitrogens is 2. The summed E-state index contributed by atoms with van der Waals surface area (Å²) >= 11 is 0. The molecule has 1 heterocycles. The Labute approximate surface area is 113 Å². The van der Waals surface area contributed by atoms with E-state index in [0.717, 1.165) is 17.1 Å². The largest absolute Gasteiger partial charge is 0.438 e. The summed E-state index contributed by atoms with van der Waals surface area (Å²) in [7, 11) is 1.83. The zero-order valence-electron chi connectivity index (χ0n) is 11.8. The van der Waals surface area contributed by atoms with E-state index in [4.69, 9.17) is 4.74 Å². The van der Waals surface area contributed by atoms with Crippen LogP contribution in [0.1, 0.15) is 30.9 Å². The van der Waals surface area contributed by atoms with Gasteiger partial charge >= 0.3 is 0 Å². The van der Waals surface area contributed by atoms with Crippen molar-refractivity contribution in [3.05, 3.63) is 41.7 Å². The zero-order chi connectivity index (χ0) is 13.8. The molecule has 0 aliphatic rings. The molecule has 1 aromatic carbocycles. The van der Waals surface area contributed by atoms with Crippen LogP contribution in [0.2, 0.25) is 0 Å². The van der Waals surface area contributed by atoms with Crippen LogP contribution >= 0.6 is 0 Å². The second-order valence-electron chi connectivity index (χ2n) is 4.70. The summed E-state index contributed by atoms with van der Waals surface area (Å²) in [5, 5.41) is 3.03. The predicted molar refractivity (Wildman–Crippen MR) is 76.9 cm³/mol. The minimum Gasteiger partial charge on any atom is -0.438 e. The first-order chi connectivity index (χ1) is 9.13. The van der Waals surface area contributed by atoms with Crippen molar-refractivity contribution in [3.8, 4) is 11.6 Å². The molecule has 0 radical (unpaired) electrons. The van der Waals surface area contributed by atoms with Gasteiger partial charge in [0.2, 0.25) is 5.88 Å². The lowest BCUT2D eigenvalue weighted by molar-refractivity contribution is 0.449. The second kappa shape index (κ2) is 5.69. The van der Waals surface area contributed by atoms with Crippen LogP contribution < -0.4 is 10.1 Å². The van der Waals surface area contributed by atoms with Gasteiger partial charge in [-0.15, -0.1) is 0 Å². The summed E-state index contributed by atoms with van der Waals surface area (Å²) in [6.45, 7) is 6.24. The zero-order valence-corrected chi connectivity index (χ0v) is 11.8. The third-order valence-corrected chi connectivity index (χ3v) is 3.02.